The van der Waals surface area contributed by atoms with Crippen LogP contribution in [0.2, 0.25) is 0 Å². The van der Waals surface area contributed by atoms with E-state index in [-0.39, 0.29) is 6.04 Å². The lowest BCUT2D eigenvalue weighted by atomic mass is 10.2. The first-order valence-corrected chi connectivity index (χ1v) is 6.17. The van der Waals surface area contributed by atoms with Gasteiger partial charge < -0.3 is 5.32 Å². The van der Waals surface area contributed by atoms with Gasteiger partial charge in [0.25, 0.3) is 0 Å². The Morgan fingerprint density at radius 2 is 2.31 bits per heavy atom. The first-order valence-electron chi connectivity index (χ1n) is 5.29. The molecule has 0 bridgehead atoms. The fraction of sp³-hybridized carbons (Fsp3) is 0.333. The van der Waals surface area contributed by atoms with E-state index in [1.54, 1.807) is 29.9 Å². The summed E-state index contributed by atoms with van der Waals surface area (Å²) in [5.41, 5.74) is 2.33. The number of hydrogen-bond acceptors (Lipinski definition) is 4. The highest BCUT2D eigenvalue weighted by Crippen LogP contribution is 2.16. The first-order chi connectivity index (χ1) is 7.77. The van der Waals surface area contributed by atoms with Crippen molar-refractivity contribution in [1.82, 2.24) is 15.3 Å². The minimum atomic E-state index is 0.232. The summed E-state index contributed by atoms with van der Waals surface area (Å²) in [6, 6.07) is 2.38. The summed E-state index contributed by atoms with van der Waals surface area (Å²) in [7, 11) is 0. The van der Waals surface area contributed by atoms with Crippen molar-refractivity contribution in [2.75, 3.05) is 0 Å². The molecule has 0 aliphatic rings. The number of aryl methyl sites for hydroxylation is 1. The third kappa shape index (κ3) is 2.65. The lowest BCUT2D eigenvalue weighted by Crippen LogP contribution is -2.18. The van der Waals surface area contributed by atoms with Crippen LogP contribution in [0.5, 0.6) is 0 Å². The molecule has 0 aliphatic carbocycles. The molecule has 2 aromatic rings. The average molecular weight is 233 g/mol. The van der Waals surface area contributed by atoms with E-state index in [0.717, 1.165) is 12.2 Å². The molecule has 0 saturated carbocycles. The summed E-state index contributed by atoms with van der Waals surface area (Å²) >= 11 is 1.79. The molecule has 0 radical (unpaired) electrons. The molecular weight excluding hydrogens is 218 g/mol. The SMILES string of the molecule is Cc1ccsc1CNC(C)c1cnccn1. The van der Waals surface area contributed by atoms with Gasteiger partial charge in [-0.2, -0.15) is 0 Å². The topological polar surface area (TPSA) is 37.8 Å². The van der Waals surface area contributed by atoms with Crippen LogP contribution >= 0.6 is 11.3 Å². The summed E-state index contributed by atoms with van der Waals surface area (Å²) in [5, 5.41) is 5.57. The van der Waals surface area contributed by atoms with Crippen LogP contribution < -0.4 is 5.32 Å². The molecule has 1 N–H and O–H groups in total. The van der Waals surface area contributed by atoms with Crippen LogP contribution in [-0.2, 0) is 6.54 Å². The van der Waals surface area contributed by atoms with Crippen molar-refractivity contribution in [3.8, 4) is 0 Å². The summed E-state index contributed by atoms with van der Waals surface area (Å²) in [6.45, 7) is 5.13. The number of thiophene rings is 1. The Balaban J connectivity index is 1.94. The maximum Gasteiger partial charge on any atom is 0.0753 e. The minimum Gasteiger partial charge on any atom is -0.304 e. The van der Waals surface area contributed by atoms with Crippen LogP contribution in [0.4, 0.5) is 0 Å². The highest BCUT2D eigenvalue weighted by Gasteiger charge is 2.07. The maximum absolute atomic E-state index is 4.28. The molecule has 0 amide bonds. The number of hydrogen-bond donors (Lipinski definition) is 1. The van der Waals surface area contributed by atoms with Gasteiger partial charge in [-0.25, -0.2) is 0 Å². The predicted molar refractivity (Wildman–Crippen MR) is 66.3 cm³/mol. The van der Waals surface area contributed by atoms with Gasteiger partial charge >= 0.3 is 0 Å². The zero-order chi connectivity index (χ0) is 11.4. The second-order valence-corrected chi connectivity index (χ2v) is 4.76. The van der Waals surface area contributed by atoms with Gasteiger partial charge in [0.1, 0.15) is 0 Å². The lowest BCUT2D eigenvalue weighted by Gasteiger charge is -2.12. The van der Waals surface area contributed by atoms with Gasteiger partial charge in [0.15, 0.2) is 0 Å². The standard InChI is InChI=1S/C12H15N3S/c1-9-3-6-16-12(9)8-15-10(2)11-7-13-4-5-14-11/h3-7,10,15H,8H2,1-2H3. The number of nitrogens with one attached hydrogen (secondary N) is 1. The van der Waals surface area contributed by atoms with Crippen molar-refractivity contribution in [3.63, 3.8) is 0 Å². The summed E-state index contributed by atoms with van der Waals surface area (Å²) in [6.07, 6.45) is 5.22. The van der Waals surface area contributed by atoms with Crippen molar-refractivity contribution in [3.05, 3.63) is 46.2 Å². The normalized spacial score (nSPS) is 12.6. The Bertz CT molecular complexity index is 439. The van der Waals surface area contributed by atoms with Crippen molar-refractivity contribution in [1.29, 1.82) is 0 Å². The van der Waals surface area contributed by atoms with E-state index in [4.69, 9.17) is 0 Å². The lowest BCUT2D eigenvalue weighted by molar-refractivity contribution is 0.562. The maximum atomic E-state index is 4.28. The average Bonchev–Trinajstić information content (AvgIpc) is 2.73. The van der Waals surface area contributed by atoms with Gasteiger partial charge in [-0.15, -0.1) is 11.3 Å². The zero-order valence-corrected chi connectivity index (χ0v) is 10.3. The molecule has 0 saturated heterocycles. The van der Waals surface area contributed by atoms with Crippen LogP contribution in [0.1, 0.15) is 29.1 Å². The Labute approximate surface area is 99.6 Å². The highest BCUT2D eigenvalue weighted by atomic mass is 32.1. The van der Waals surface area contributed by atoms with Crippen molar-refractivity contribution in [2.24, 2.45) is 0 Å². The number of aromatic nitrogens is 2. The molecule has 2 rings (SSSR count). The molecule has 0 fully saturated rings. The van der Waals surface area contributed by atoms with E-state index in [0.29, 0.717) is 0 Å². The van der Waals surface area contributed by atoms with Gasteiger partial charge in [0.2, 0.25) is 0 Å². The van der Waals surface area contributed by atoms with Crippen LogP contribution in [-0.4, -0.2) is 9.97 Å². The third-order valence-corrected chi connectivity index (χ3v) is 3.59. The van der Waals surface area contributed by atoms with Crippen LogP contribution in [0.3, 0.4) is 0 Å². The van der Waals surface area contributed by atoms with Crippen molar-refractivity contribution >= 4 is 11.3 Å². The molecule has 2 aromatic heterocycles. The van der Waals surface area contributed by atoms with Gasteiger partial charge in [-0.05, 0) is 30.9 Å². The predicted octanol–water partition coefficient (Wildman–Crippen LogP) is 2.70. The van der Waals surface area contributed by atoms with Gasteiger partial charge in [0.05, 0.1) is 5.69 Å². The fourth-order valence-corrected chi connectivity index (χ4v) is 2.33. The van der Waals surface area contributed by atoms with E-state index in [9.17, 15) is 0 Å². The molecule has 0 aliphatic heterocycles. The van der Waals surface area contributed by atoms with E-state index in [1.807, 2.05) is 0 Å². The second-order valence-electron chi connectivity index (χ2n) is 3.76. The first kappa shape index (κ1) is 11.2. The highest BCUT2D eigenvalue weighted by molar-refractivity contribution is 7.10. The molecule has 1 atom stereocenters. The zero-order valence-electron chi connectivity index (χ0n) is 9.47. The van der Waals surface area contributed by atoms with E-state index >= 15 is 0 Å². The Hall–Kier alpha value is -1.26. The Morgan fingerprint density at radius 3 is 2.94 bits per heavy atom. The molecule has 3 nitrogen and oxygen atoms in total. The van der Waals surface area contributed by atoms with E-state index in [2.05, 4.69) is 40.6 Å². The van der Waals surface area contributed by atoms with Crippen LogP contribution in [0, 0.1) is 6.92 Å². The molecule has 2 heterocycles. The molecule has 1 unspecified atom stereocenters. The molecule has 0 aromatic carbocycles. The van der Waals surface area contributed by atoms with Gasteiger partial charge in [0, 0.05) is 36.1 Å². The van der Waals surface area contributed by atoms with Crippen LogP contribution in [0.15, 0.2) is 30.0 Å². The molecule has 16 heavy (non-hydrogen) atoms. The van der Waals surface area contributed by atoms with Crippen LogP contribution in [0.25, 0.3) is 0 Å². The molecule has 4 heteroatoms. The number of nitrogens with zero attached hydrogens (tertiary/aromatic N) is 2. The summed E-state index contributed by atoms with van der Waals surface area (Å²) in [4.78, 5) is 9.73. The van der Waals surface area contributed by atoms with Gasteiger partial charge in [-0.1, -0.05) is 0 Å². The molecule has 0 spiro atoms. The minimum absolute atomic E-state index is 0.232. The largest absolute Gasteiger partial charge is 0.304 e. The smallest absolute Gasteiger partial charge is 0.0753 e. The number of rotatable bonds is 4. The van der Waals surface area contributed by atoms with E-state index in [1.165, 1.54) is 10.4 Å². The molecular formula is C12H15N3S. The van der Waals surface area contributed by atoms with Crippen molar-refractivity contribution < 1.29 is 0 Å². The fourth-order valence-electron chi connectivity index (χ4n) is 1.47. The molecule has 84 valence electrons. The van der Waals surface area contributed by atoms with Crippen molar-refractivity contribution in [2.45, 2.75) is 26.4 Å². The Morgan fingerprint density at radius 1 is 1.44 bits per heavy atom. The second kappa shape index (κ2) is 5.18. The monoisotopic (exact) mass is 233 g/mol. The Kier molecular flexibility index (Phi) is 3.64. The van der Waals surface area contributed by atoms with Gasteiger partial charge in [-0.3, -0.25) is 9.97 Å². The third-order valence-electron chi connectivity index (χ3n) is 2.56. The summed E-state index contributed by atoms with van der Waals surface area (Å²) < 4.78 is 0. The summed E-state index contributed by atoms with van der Waals surface area (Å²) in [5.74, 6) is 0. The van der Waals surface area contributed by atoms with E-state index < -0.39 is 0 Å². The quantitative estimate of drug-likeness (QED) is 0.882.